The summed E-state index contributed by atoms with van der Waals surface area (Å²) in [6.07, 6.45) is 5.55. The molecule has 3 rings (SSSR count). The first-order valence-corrected chi connectivity index (χ1v) is 7.64. The number of anilines is 1. The average Bonchev–Trinajstić information content (AvgIpc) is 3.01. The zero-order valence-corrected chi connectivity index (χ0v) is 12.2. The van der Waals surface area contributed by atoms with Gasteiger partial charge in [-0.2, -0.15) is 5.26 Å². The maximum absolute atomic E-state index is 9.07. The van der Waals surface area contributed by atoms with Crippen molar-refractivity contribution in [1.29, 1.82) is 5.26 Å². The van der Waals surface area contributed by atoms with Crippen LogP contribution in [0.25, 0.3) is 0 Å². The molecule has 20 heavy (non-hydrogen) atoms. The second kappa shape index (κ2) is 5.80. The van der Waals surface area contributed by atoms with Crippen LogP contribution in [0.5, 0.6) is 0 Å². The molecule has 106 valence electrons. The van der Waals surface area contributed by atoms with Gasteiger partial charge in [0, 0.05) is 37.9 Å². The van der Waals surface area contributed by atoms with Gasteiger partial charge in [-0.3, -0.25) is 4.90 Å². The van der Waals surface area contributed by atoms with Crippen LogP contribution in [0.4, 0.5) is 5.82 Å². The van der Waals surface area contributed by atoms with Crippen molar-refractivity contribution in [2.75, 3.05) is 31.1 Å². The summed E-state index contributed by atoms with van der Waals surface area (Å²) in [7, 11) is 0. The highest BCUT2D eigenvalue weighted by Crippen LogP contribution is 2.25. The predicted molar refractivity (Wildman–Crippen MR) is 79.7 cm³/mol. The number of piperazine rings is 1. The van der Waals surface area contributed by atoms with E-state index in [-0.39, 0.29) is 0 Å². The van der Waals surface area contributed by atoms with E-state index < -0.39 is 0 Å². The van der Waals surface area contributed by atoms with E-state index in [1.807, 2.05) is 19.1 Å². The molecule has 2 fully saturated rings. The molecule has 1 aromatic heterocycles. The Bertz CT molecular complexity index is 506. The first-order chi connectivity index (χ1) is 9.76. The Morgan fingerprint density at radius 3 is 2.50 bits per heavy atom. The van der Waals surface area contributed by atoms with Crippen molar-refractivity contribution in [2.45, 2.75) is 38.6 Å². The van der Waals surface area contributed by atoms with Gasteiger partial charge in [0.1, 0.15) is 5.82 Å². The van der Waals surface area contributed by atoms with Crippen LogP contribution in [0.1, 0.15) is 36.9 Å². The third-order valence-corrected chi connectivity index (χ3v) is 4.55. The molecule has 1 saturated heterocycles. The SMILES string of the molecule is Cc1cc(C#N)cc(N2CCN(C3CCCC3)CC2)n1. The predicted octanol–water partition coefficient (Wildman–Crippen LogP) is 2.33. The lowest BCUT2D eigenvalue weighted by Gasteiger charge is -2.38. The molecule has 0 radical (unpaired) electrons. The lowest BCUT2D eigenvalue weighted by atomic mass is 10.1. The zero-order valence-electron chi connectivity index (χ0n) is 12.2. The maximum Gasteiger partial charge on any atom is 0.130 e. The van der Waals surface area contributed by atoms with Crippen molar-refractivity contribution < 1.29 is 0 Å². The fourth-order valence-corrected chi connectivity index (χ4v) is 3.46. The molecule has 2 aliphatic rings. The Hall–Kier alpha value is -1.60. The zero-order chi connectivity index (χ0) is 13.9. The molecule has 4 heteroatoms. The molecule has 4 nitrogen and oxygen atoms in total. The number of aromatic nitrogens is 1. The summed E-state index contributed by atoms with van der Waals surface area (Å²) in [5.41, 5.74) is 1.64. The largest absolute Gasteiger partial charge is 0.354 e. The van der Waals surface area contributed by atoms with E-state index in [2.05, 4.69) is 20.9 Å². The first-order valence-electron chi connectivity index (χ1n) is 7.64. The normalized spacial score (nSPS) is 21.1. The molecule has 1 aromatic rings. The lowest BCUT2D eigenvalue weighted by Crippen LogP contribution is -2.50. The van der Waals surface area contributed by atoms with E-state index in [0.29, 0.717) is 5.56 Å². The highest BCUT2D eigenvalue weighted by Gasteiger charge is 2.26. The van der Waals surface area contributed by atoms with Crippen LogP contribution in [0.15, 0.2) is 12.1 Å². The van der Waals surface area contributed by atoms with Crippen molar-refractivity contribution in [3.05, 3.63) is 23.4 Å². The molecule has 1 aliphatic carbocycles. The molecule has 0 N–H and O–H groups in total. The molecule has 1 saturated carbocycles. The summed E-state index contributed by atoms with van der Waals surface area (Å²) >= 11 is 0. The van der Waals surface area contributed by atoms with Gasteiger partial charge in [-0.25, -0.2) is 4.98 Å². The Kier molecular flexibility index (Phi) is 3.88. The van der Waals surface area contributed by atoms with E-state index in [0.717, 1.165) is 43.7 Å². The summed E-state index contributed by atoms with van der Waals surface area (Å²) in [6.45, 7) is 6.26. The van der Waals surface area contributed by atoms with Crippen molar-refractivity contribution >= 4 is 5.82 Å². The van der Waals surface area contributed by atoms with Crippen LogP contribution in [0.3, 0.4) is 0 Å². The van der Waals surface area contributed by atoms with Gasteiger partial charge >= 0.3 is 0 Å². The van der Waals surface area contributed by atoms with Gasteiger partial charge in [0.15, 0.2) is 0 Å². The summed E-state index contributed by atoms with van der Waals surface area (Å²) in [4.78, 5) is 9.55. The molecule has 0 spiro atoms. The highest BCUT2D eigenvalue weighted by molar-refractivity contribution is 5.47. The van der Waals surface area contributed by atoms with Gasteiger partial charge in [0.25, 0.3) is 0 Å². The van der Waals surface area contributed by atoms with Gasteiger partial charge in [0.05, 0.1) is 11.6 Å². The van der Waals surface area contributed by atoms with Gasteiger partial charge in [-0.05, 0) is 31.9 Å². The number of rotatable bonds is 2. The first kappa shape index (κ1) is 13.4. The minimum Gasteiger partial charge on any atom is -0.354 e. The Morgan fingerprint density at radius 1 is 1.15 bits per heavy atom. The number of nitriles is 1. The Balaban J connectivity index is 1.65. The van der Waals surface area contributed by atoms with Crippen LogP contribution in [0, 0.1) is 18.3 Å². The standard InChI is InChI=1S/C16H22N4/c1-13-10-14(12-17)11-16(18-13)20-8-6-19(7-9-20)15-4-2-3-5-15/h10-11,15H,2-9H2,1H3. The number of nitrogens with zero attached hydrogens (tertiary/aromatic N) is 4. The molecule has 1 aliphatic heterocycles. The van der Waals surface area contributed by atoms with Crippen molar-refractivity contribution in [3.8, 4) is 6.07 Å². The number of pyridine rings is 1. The minimum atomic E-state index is 0.714. The molecular weight excluding hydrogens is 248 g/mol. The summed E-state index contributed by atoms with van der Waals surface area (Å²) in [6, 6.07) is 6.80. The second-order valence-corrected chi connectivity index (χ2v) is 5.93. The van der Waals surface area contributed by atoms with Gasteiger partial charge < -0.3 is 4.90 Å². The summed E-state index contributed by atoms with van der Waals surface area (Å²) in [5.74, 6) is 0.965. The van der Waals surface area contributed by atoms with Crippen LogP contribution >= 0.6 is 0 Å². The van der Waals surface area contributed by atoms with E-state index in [9.17, 15) is 0 Å². The van der Waals surface area contributed by atoms with Crippen LogP contribution in [-0.4, -0.2) is 42.1 Å². The summed E-state index contributed by atoms with van der Waals surface area (Å²) < 4.78 is 0. The second-order valence-electron chi connectivity index (χ2n) is 5.93. The molecule has 2 heterocycles. The smallest absolute Gasteiger partial charge is 0.130 e. The van der Waals surface area contributed by atoms with E-state index in [4.69, 9.17) is 5.26 Å². The quantitative estimate of drug-likeness (QED) is 0.827. The van der Waals surface area contributed by atoms with Gasteiger partial charge in [-0.15, -0.1) is 0 Å². The van der Waals surface area contributed by atoms with E-state index in [1.165, 1.54) is 25.7 Å². The number of aryl methyl sites for hydroxylation is 1. The number of hydrogen-bond acceptors (Lipinski definition) is 4. The van der Waals surface area contributed by atoms with Crippen LogP contribution < -0.4 is 4.90 Å². The molecule has 0 bridgehead atoms. The molecule has 0 atom stereocenters. The van der Waals surface area contributed by atoms with E-state index >= 15 is 0 Å². The molecule has 0 amide bonds. The number of hydrogen-bond donors (Lipinski definition) is 0. The minimum absolute atomic E-state index is 0.714. The molecular formula is C16H22N4. The van der Waals surface area contributed by atoms with Crippen molar-refractivity contribution in [2.24, 2.45) is 0 Å². The summed E-state index contributed by atoms with van der Waals surface area (Å²) in [5, 5.41) is 9.07. The average molecular weight is 270 g/mol. The Labute approximate surface area is 121 Å². The van der Waals surface area contributed by atoms with Crippen molar-refractivity contribution in [1.82, 2.24) is 9.88 Å². The topological polar surface area (TPSA) is 43.2 Å². The van der Waals surface area contributed by atoms with Crippen LogP contribution in [-0.2, 0) is 0 Å². The van der Waals surface area contributed by atoms with Crippen LogP contribution in [0.2, 0.25) is 0 Å². The maximum atomic E-state index is 9.07. The molecule has 0 unspecified atom stereocenters. The fourth-order valence-electron chi connectivity index (χ4n) is 3.46. The third kappa shape index (κ3) is 2.78. The lowest BCUT2D eigenvalue weighted by molar-refractivity contribution is 0.187. The third-order valence-electron chi connectivity index (χ3n) is 4.55. The fraction of sp³-hybridized carbons (Fsp3) is 0.625. The Morgan fingerprint density at radius 2 is 1.85 bits per heavy atom. The van der Waals surface area contributed by atoms with E-state index in [1.54, 1.807) is 0 Å². The monoisotopic (exact) mass is 270 g/mol. The molecule has 0 aromatic carbocycles. The van der Waals surface area contributed by atoms with Crippen molar-refractivity contribution in [3.63, 3.8) is 0 Å². The van der Waals surface area contributed by atoms with Gasteiger partial charge in [-0.1, -0.05) is 12.8 Å². The van der Waals surface area contributed by atoms with Gasteiger partial charge in [0.2, 0.25) is 0 Å². The highest BCUT2D eigenvalue weighted by atomic mass is 15.3.